The number of rotatable bonds is 3. The summed E-state index contributed by atoms with van der Waals surface area (Å²) in [5.74, 6) is 0.612. The van der Waals surface area contributed by atoms with Gasteiger partial charge in [-0.2, -0.15) is 10.4 Å². The predicted octanol–water partition coefficient (Wildman–Crippen LogP) is 2.86. The molecule has 3 aromatic rings. The highest BCUT2D eigenvalue weighted by atomic mass is 19.1. The fraction of sp³-hybridized carbons (Fsp3) is 0.167. The van der Waals surface area contributed by atoms with Gasteiger partial charge in [-0.15, -0.1) is 0 Å². The van der Waals surface area contributed by atoms with Gasteiger partial charge in [-0.05, 0) is 29.8 Å². The Labute approximate surface area is 138 Å². The Kier molecular flexibility index (Phi) is 3.47. The molecule has 5 nitrogen and oxygen atoms in total. The van der Waals surface area contributed by atoms with Crippen molar-refractivity contribution in [2.24, 2.45) is 0 Å². The minimum absolute atomic E-state index is 0.234. The van der Waals surface area contributed by atoms with Crippen LogP contribution < -0.4 is 4.90 Å². The second kappa shape index (κ2) is 5.78. The minimum atomic E-state index is -0.234. The van der Waals surface area contributed by atoms with Gasteiger partial charge in [-0.1, -0.05) is 12.1 Å². The zero-order chi connectivity index (χ0) is 16.5. The maximum absolute atomic E-state index is 13.0. The van der Waals surface area contributed by atoms with E-state index in [-0.39, 0.29) is 5.82 Å². The molecule has 0 amide bonds. The maximum atomic E-state index is 13.0. The zero-order valence-corrected chi connectivity index (χ0v) is 12.9. The average molecular weight is 319 g/mol. The smallest absolute Gasteiger partial charge is 0.129 e. The molecule has 0 spiro atoms. The Hall–Kier alpha value is -3.20. The van der Waals surface area contributed by atoms with Crippen LogP contribution in [0.4, 0.5) is 10.2 Å². The fourth-order valence-corrected chi connectivity index (χ4v) is 2.91. The molecule has 1 aliphatic rings. The van der Waals surface area contributed by atoms with Gasteiger partial charge in [0, 0.05) is 18.3 Å². The van der Waals surface area contributed by atoms with Crippen molar-refractivity contribution in [3.63, 3.8) is 0 Å². The summed E-state index contributed by atoms with van der Waals surface area (Å²) in [6, 6.07) is 12.2. The molecule has 0 atom stereocenters. The van der Waals surface area contributed by atoms with Crippen molar-refractivity contribution >= 4 is 5.82 Å². The summed E-state index contributed by atoms with van der Waals surface area (Å²) in [4.78, 5) is 6.50. The lowest BCUT2D eigenvalue weighted by Gasteiger charge is -2.17. The van der Waals surface area contributed by atoms with Crippen molar-refractivity contribution in [2.75, 3.05) is 4.90 Å². The van der Waals surface area contributed by atoms with Gasteiger partial charge in [-0.3, -0.25) is 4.68 Å². The molecular weight excluding hydrogens is 305 g/mol. The number of pyridine rings is 1. The molecule has 0 aliphatic carbocycles. The van der Waals surface area contributed by atoms with Gasteiger partial charge in [0.15, 0.2) is 0 Å². The molecular formula is C18H14FN5. The molecule has 0 N–H and O–H groups in total. The molecule has 0 saturated heterocycles. The third-order valence-electron chi connectivity index (χ3n) is 4.18. The van der Waals surface area contributed by atoms with Crippen LogP contribution in [0.3, 0.4) is 0 Å². The van der Waals surface area contributed by atoms with Crippen molar-refractivity contribution in [3.05, 3.63) is 77.0 Å². The molecule has 1 aromatic carbocycles. The normalized spacial score (nSPS) is 12.9. The quantitative estimate of drug-likeness (QED) is 0.745. The van der Waals surface area contributed by atoms with Gasteiger partial charge in [0.05, 0.1) is 30.5 Å². The molecule has 6 heteroatoms. The van der Waals surface area contributed by atoms with Gasteiger partial charge in [0.25, 0.3) is 0 Å². The summed E-state index contributed by atoms with van der Waals surface area (Å²) < 4.78 is 15.0. The lowest BCUT2D eigenvalue weighted by molar-refractivity contribution is 0.620. The summed E-state index contributed by atoms with van der Waals surface area (Å²) >= 11 is 0. The number of hydrogen-bond acceptors (Lipinski definition) is 4. The Morgan fingerprint density at radius 2 is 1.92 bits per heavy atom. The van der Waals surface area contributed by atoms with E-state index < -0.39 is 0 Å². The first kappa shape index (κ1) is 14.4. The molecule has 0 fully saturated rings. The van der Waals surface area contributed by atoms with Crippen LogP contribution in [-0.2, 0) is 19.6 Å². The maximum Gasteiger partial charge on any atom is 0.129 e. The van der Waals surface area contributed by atoms with Gasteiger partial charge >= 0.3 is 0 Å². The van der Waals surface area contributed by atoms with E-state index in [1.54, 1.807) is 24.4 Å². The largest absolute Gasteiger partial charge is 0.346 e. The Bertz CT molecular complexity index is 906. The van der Waals surface area contributed by atoms with Crippen LogP contribution in [-0.4, -0.2) is 14.8 Å². The number of nitriles is 1. The second-order valence-electron chi connectivity index (χ2n) is 5.77. The van der Waals surface area contributed by atoms with E-state index in [9.17, 15) is 4.39 Å². The van der Waals surface area contributed by atoms with Crippen LogP contribution in [0.1, 0.15) is 22.4 Å². The number of hydrogen-bond donors (Lipinski definition) is 0. The lowest BCUT2D eigenvalue weighted by atomic mass is 10.2. The first-order chi connectivity index (χ1) is 11.7. The van der Waals surface area contributed by atoms with Crippen molar-refractivity contribution in [1.82, 2.24) is 14.8 Å². The second-order valence-corrected chi connectivity index (χ2v) is 5.77. The van der Waals surface area contributed by atoms with E-state index in [2.05, 4.69) is 21.1 Å². The molecule has 1 aliphatic heterocycles. The van der Waals surface area contributed by atoms with E-state index in [0.717, 1.165) is 30.2 Å². The highest BCUT2D eigenvalue weighted by Crippen LogP contribution is 2.27. The zero-order valence-electron chi connectivity index (χ0n) is 12.9. The first-order valence-corrected chi connectivity index (χ1v) is 7.62. The van der Waals surface area contributed by atoms with Gasteiger partial charge in [0.1, 0.15) is 17.7 Å². The van der Waals surface area contributed by atoms with Gasteiger partial charge < -0.3 is 4.90 Å². The Balaban J connectivity index is 1.53. The third-order valence-corrected chi connectivity index (χ3v) is 4.18. The SMILES string of the molecule is N#Cc1ccc(N2Cc3cnn(Cc4ccc(F)cc4)c3C2)nc1. The van der Waals surface area contributed by atoms with Crippen molar-refractivity contribution in [3.8, 4) is 6.07 Å². The van der Waals surface area contributed by atoms with Gasteiger partial charge in [-0.25, -0.2) is 9.37 Å². The van der Waals surface area contributed by atoms with E-state index in [4.69, 9.17) is 5.26 Å². The van der Waals surface area contributed by atoms with E-state index >= 15 is 0 Å². The fourth-order valence-electron chi connectivity index (χ4n) is 2.91. The summed E-state index contributed by atoms with van der Waals surface area (Å²) in [7, 11) is 0. The summed E-state index contributed by atoms with van der Waals surface area (Å²) in [5.41, 5.74) is 3.88. The molecule has 2 aromatic heterocycles. The lowest BCUT2D eigenvalue weighted by Crippen LogP contribution is -2.18. The number of aromatic nitrogens is 3. The Morgan fingerprint density at radius 3 is 2.62 bits per heavy atom. The van der Waals surface area contributed by atoms with Crippen LogP contribution >= 0.6 is 0 Å². The van der Waals surface area contributed by atoms with Crippen molar-refractivity contribution in [1.29, 1.82) is 5.26 Å². The van der Waals surface area contributed by atoms with Crippen molar-refractivity contribution in [2.45, 2.75) is 19.6 Å². The topological polar surface area (TPSA) is 57.7 Å². The van der Waals surface area contributed by atoms with Crippen LogP contribution in [0.2, 0.25) is 0 Å². The third kappa shape index (κ3) is 2.61. The number of benzene rings is 1. The standard InChI is InChI=1S/C18H14FN5/c19-16-4-1-13(2-5-16)10-24-17-12-23(11-15(17)9-22-24)18-6-3-14(7-20)8-21-18/h1-6,8-9H,10-12H2. The highest BCUT2D eigenvalue weighted by molar-refractivity contribution is 5.46. The number of fused-ring (bicyclic) bond motifs is 1. The minimum Gasteiger partial charge on any atom is -0.346 e. The molecule has 3 heterocycles. The van der Waals surface area contributed by atoms with Crippen LogP contribution in [0.15, 0.2) is 48.8 Å². The van der Waals surface area contributed by atoms with E-state index in [0.29, 0.717) is 12.1 Å². The van der Waals surface area contributed by atoms with E-state index in [1.807, 2.05) is 16.9 Å². The molecule has 0 saturated carbocycles. The number of nitrogens with zero attached hydrogens (tertiary/aromatic N) is 5. The van der Waals surface area contributed by atoms with Crippen molar-refractivity contribution < 1.29 is 4.39 Å². The molecule has 0 unspecified atom stereocenters. The molecule has 0 radical (unpaired) electrons. The number of anilines is 1. The van der Waals surface area contributed by atoms with Crippen LogP contribution in [0.25, 0.3) is 0 Å². The molecule has 118 valence electrons. The summed E-state index contributed by atoms with van der Waals surface area (Å²) in [5, 5.41) is 13.3. The molecule has 24 heavy (non-hydrogen) atoms. The number of halogens is 1. The predicted molar refractivity (Wildman–Crippen MR) is 86.6 cm³/mol. The summed E-state index contributed by atoms with van der Waals surface area (Å²) in [6.45, 7) is 2.08. The Morgan fingerprint density at radius 1 is 1.08 bits per heavy atom. The average Bonchev–Trinajstić information content (AvgIpc) is 3.19. The molecule has 0 bridgehead atoms. The monoisotopic (exact) mass is 319 g/mol. The molecule has 4 rings (SSSR count). The van der Waals surface area contributed by atoms with E-state index in [1.165, 1.54) is 17.7 Å². The highest BCUT2D eigenvalue weighted by Gasteiger charge is 2.24. The van der Waals surface area contributed by atoms with Gasteiger partial charge in [0.2, 0.25) is 0 Å². The van der Waals surface area contributed by atoms with Crippen LogP contribution in [0, 0.1) is 17.1 Å². The summed E-state index contributed by atoms with van der Waals surface area (Å²) in [6.07, 6.45) is 3.46. The first-order valence-electron chi connectivity index (χ1n) is 7.62. The van der Waals surface area contributed by atoms with Crippen LogP contribution in [0.5, 0.6) is 0 Å².